The van der Waals surface area contributed by atoms with Crippen LogP contribution in [-0.4, -0.2) is 14.4 Å². The third kappa shape index (κ3) is 2.92. The van der Waals surface area contributed by atoms with Crippen LogP contribution in [0.2, 0.25) is 0 Å². The van der Waals surface area contributed by atoms with Gasteiger partial charge in [-0.3, -0.25) is 9.38 Å². The Labute approximate surface area is 144 Å². The van der Waals surface area contributed by atoms with Gasteiger partial charge in [-0.2, -0.15) is 0 Å². The van der Waals surface area contributed by atoms with Crippen LogP contribution in [0.15, 0.2) is 71.8 Å². The Balaban J connectivity index is 1.69. The molecule has 0 saturated carbocycles. The molecule has 0 amide bonds. The SMILES string of the molecule is Cc1nccn2c(=O)[nH]c(-c3cccc(OCc4ccccc4)c3)c12. The summed E-state index contributed by atoms with van der Waals surface area (Å²) in [4.78, 5) is 19.4. The fourth-order valence-electron chi connectivity index (χ4n) is 2.91. The Morgan fingerprint density at radius 3 is 2.80 bits per heavy atom. The zero-order valence-corrected chi connectivity index (χ0v) is 13.8. The summed E-state index contributed by atoms with van der Waals surface area (Å²) < 4.78 is 7.47. The van der Waals surface area contributed by atoms with E-state index in [-0.39, 0.29) is 5.69 Å². The van der Waals surface area contributed by atoms with Gasteiger partial charge in [-0.15, -0.1) is 0 Å². The quantitative estimate of drug-likeness (QED) is 0.622. The van der Waals surface area contributed by atoms with Crippen molar-refractivity contribution in [2.24, 2.45) is 0 Å². The van der Waals surface area contributed by atoms with E-state index < -0.39 is 0 Å². The maximum atomic E-state index is 12.2. The van der Waals surface area contributed by atoms with Gasteiger partial charge in [0.25, 0.3) is 0 Å². The lowest BCUT2D eigenvalue weighted by Gasteiger charge is -2.08. The Hall–Kier alpha value is -3.34. The Bertz CT molecular complexity index is 1080. The van der Waals surface area contributed by atoms with Crippen molar-refractivity contribution in [2.45, 2.75) is 13.5 Å². The first-order valence-corrected chi connectivity index (χ1v) is 8.05. The molecule has 0 fully saturated rings. The van der Waals surface area contributed by atoms with Gasteiger partial charge in [-0.25, -0.2) is 4.79 Å². The average Bonchev–Trinajstić information content (AvgIpc) is 2.99. The standard InChI is InChI=1S/C20H17N3O2/c1-14-19-18(22-20(24)23(19)11-10-21-14)16-8-5-9-17(12-16)25-13-15-6-3-2-4-7-15/h2-12H,13H2,1H3,(H,22,24). The molecule has 0 bridgehead atoms. The maximum Gasteiger partial charge on any atom is 0.330 e. The molecule has 4 aromatic rings. The monoisotopic (exact) mass is 331 g/mol. The number of rotatable bonds is 4. The van der Waals surface area contributed by atoms with Gasteiger partial charge in [0.15, 0.2) is 0 Å². The molecule has 0 aliphatic carbocycles. The summed E-state index contributed by atoms with van der Waals surface area (Å²) in [6, 6.07) is 17.7. The molecule has 4 rings (SSSR count). The molecule has 0 saturated heterocycles. The van der Waals surface area contributed by atoms with Crippen LogP contribution in [0, 0.1) is 6.92 Å². The number of benzene rings is 2. The maximum absolute atomic E-state index is 12.2. The summed E-state index contributed by atoms with van der Waals surface area (Å²) in [7, 11) is 0. The van der Waals surface area contributed by atoms with Gasteiger partial charge in [0.05, 0.1) is 16.9 Å². The zero-order valence-electron chi connectivity index (χ0n) is 13.8. The highest BCUT2D eigenvalue weighted by atomic mass is 16.5. The molecular formula is C20H17N3O2. The third-order valence-corrected chi connectivity index (χ3v) is 4.13. The second-order valence-corrected chi connectivity index (χ2v) is 5.84. The lowest BCUT2D eigenvalue weighted by molar-refractivity contribution is 0.306. The number of imidazole rings is 1. The highest BCUT2D eigenvalue weighted by Gasteiger charge is 2.12. The van der Waals surface area contributed by atoms with E-state index in [2.05, 4.69) is 9.97 Å². The Morgan fingerprint density at radius 1 is 1.12 bits per heavy atom. The molecule has 124 valence electrons. The molecule has 2 aromatic carbocycles. The molecule has 0 atom stereocenters. The van der Waals surface area contributed by atoms with Gasteiger partial charge < -0.3 is 9.72 Å². The van der Waals surface area contributed by atoms with Gasteiger partial charge in [-0.05, 0) is 24.6 Å². The predicted octanol–water partition coefficient (Wildman–Crippen LogP) is 3.58. The van der Waals surface area contributed by atoms with E-state index in [1.807, 2.05) is 61.5 Å². The average molecular weight is 331 g/mol. The molecule has 1 N–H and O–H groups in total. The summed E-state index contributed by atoms with van der Waals surface area (Å²) in [5, 5.41) is 0. The van der Waals surface area contributed by atoms with Crippen molar-refractivity contribution >= 4 is 5.52 Å². The smallest absolute Gasteiger partial charge is 0.330 e. The number of aryl methyl sites for hydroxylation is 1. The van der Waals surface area contributed by atoms with Crippen LogP contribution >= 0.6 is 0 Å². The van der Waals surface area contributed by atoms with E-state index in [9.17, 15) is 4.79 Å². The van der Waals surface area contributed by atoms with Crippen LogP contribution < -0.4 is 10.4 Å². The minimum atomic E-state index is -0.175. The van der Waals surface area contributed by atoms with Gasteiger partial charge >= 0.3 is 5.69 Å². The largest absolute Gasteiger partial charge is 0.489 e. The van der Waals surface area contributed by atoms with Crippen LogP contribution in [-0.2, 0) is 6.61 Å². The summed E-state index contributed by atoms with van der Waals surface area (Å²) in [5.41, 5.74) is 4.16. The molecule has 0 unspecified atom stereocenters. The zero-order chi connectivity index (χ0) is 17.2. The molecule has 5 heteroatoms. The minimum absolute atomic E-state index is 0.175. The molecule has 0 aliphatic rings. The van der Waals surface area contributed by atoms with Crippen LogP contribution in [0.3, 0.4) is 0 Å². The number of aromatic amines is 1. The number of nitrogens with zero attached hydrogens (tertiary/aromatic N) is 2. The van der Waals surface area contributed by atoms with Crippen molar-refractivity contribution in [1.82, 2.24) is 14.4 Å². The van der Waals surface area contributed by atoms with Crippen molar-refractivity contribution in [3.63, 3.8) is 0 Å². The van der Waals surface area contributed by atoms with Crippen LogP contribution in [0.1, 0.15) is 11.3 Å². The highest BCUT2D eigenvalue weighted by molar-refractivity contribution is 5.79. The molecule has 0 radical (unpaired) electrons. The lowest BCUT2D eigenvalue weighted by atomic mass is 10.1. The van der Waals surface area contributed by atoms with Crippen LogP contribution in [0.4, 0.5) is 0 Å². The van der Waals surface area contributed by atoms with Gasteiger partial charge in [-0.1, -0.05) is 42.5 Å². The normalized spacial score (nSPS) is 10.9. The summed E-state index contributed by atoms with van der Waals surface area (Å²) in [6.45, 7) is 2.39. The predicted molar refractivity (Wildman–Crippen MR) is 96.8 cm³/mol. The van der Waals surface area contributed by atoms with Crippen molar-refractivity contribution in [1.29, 1.82) is 0 Å². The third-order valence-electron chi connectivity index (χ3n) is 4.13. The summed E-state index contributed by atoms with van der Waals surface area (Å²) in [5.74, 6) is 0.753. The van der Waals surface area contributed by atoms with E-state index in [4.69, 9.17) is 4.74 Å². The first-order chi connectivity index (χ1) is 12.2. The molecule has 0 spiro atoms. The second-order valence-electron chi connectivity index (χ2n) is 5.84. The molecule has 25 heavy (non-hydrogen) atoms. The molecular weight excluding hydrogens is 314 g/mol. The first-order valence-electron chi connectivity index (χ1n) is 8.05. The van der Waals surface area contributed by atoms with E-state index in [1.54, 1.807) is 16.8 Å². The van der Waals surface area contributed by atoms with E-state index in [0.717, 1.165) is 33.8 Å². The number of ether oxygens (including phenoxy) is 1. The van der Waals surface area contributed by atoms with Crippen LogP contribution in [0.25, 0.3) is 16.8 Å². The number of nitrogens with one attached hydrogen (secondary N) is 1. The van der Waals surface area contributed by atoms with Gasteiger partial charge in [0.2, 0.25) is 0 Å². The number of hydrogen-bond acceptors (Lipinski definition) is 3. The van der Waals surface area contributed by atoms with Crippen molar-refractivity contribution in [3.05, 3.63) is 88.7 Å². The molecule has 2 aromatic heterocycles. The fraction of sp³-hybridized carbons (Fsp3) is 0.100. The van der Waals surface area contributed by atoms with Gasteiger partial charge in [0, 0.05) is 18.0 Å². The molecule has 0 aliphatic heterocycles. The van der Waals surface area contributed by atoms with E-state index in [0.29, 0.717) is 6.61 Å². The fourth-order valence-corrected chi connectivity index (χ4v) is 2.91. The van der Waals surface area contributed by atoms with Crippen molar-refractivity contribution < 1.29 is 4.74 Å². The van der Waals surface area contributed by atoms with Crippen LogP contribution in [0.5, 0.6) is 5.75 Å². The van der Waals surface area contributed by atoms with Gasteiger partial charge in [0.1, 0.15) is 12.4 Å². The lowest BCUT2D eigenvalue weighted by Crippen LogP contribution is -2.09. The highest BCUT2D eigenvalue weighted by Crippen LogP contribution is 2.26. The second kappa shape index (κ2) is 6.28. The van der Waals surface area contributed by atoms with Crippen molar-refractivity contribution in [3.8, 4) is 17.0 Å². The number of aromatic nitrogens is 3. The number of hydrogen-bond donors (Lipinski definition) is 1. The minimum Gasteiger partial charge on any atom is -0.489 e. The summed E-state index contributed by atoms with van der Waals surface area (Å²) in [6.07, 6.45) is 3.29. The van der Waals surface area contributed by atoms with Crippen molar-refractivity contribution in [2.75, 3.05) is 0 Å². The van der Waals surface area contributed by atoms with E-state index in [1.165, 1.54) is 0 Å². The number of fused-ring (bicyclic) bond motifs is 1. The summed E-state index contributed by atoms with van der Waals surface area (Å²) >= 11 is 0. The Kier molecular flexibility index (Phi) is 3.82. The number of H-pyrrole nitrogens is 1. The Morgan fingerprint density at radius 2 is 1.96 bits per heavy atom. The molecule has 2 heterocycles. The topological polar surface area (TPSA) is 59.4 Å². The molecule has 5 nitrogen and oxygen atoms in total. The first kappa shape index (κ1) is 15.2. The van der Waals surface area contributed by atoms with E-state index >= 15 is 0 Å².